The monoisotopic (exact) mass is 270 g/mol. The van der Waals surface area contributed by atoms with Gasteiger partial charge in [0.2, 0.25) is 0 Å². The molecule has 0 spiro atoms. The lowest BCUT2D eigenvalue weighted by molar-refractivity contribution is -0.141. The number of hydrogen-bond acceptors (Lipinski definition) is 2. The Bertz CT molecular complexity index is 317. The van der Waals surface area contributed by atoms with Crippen molar-refractivity contribution >= 4 is 12.0 Å². The highest BCUT2D eigenvalue weighted by atomic mass is 16.4. The second-order valence-corrected chi connectivity index (χ2v) is 6.48. The first-order chi connectivity index (χ1) is 8.80. The van der Waals surface area contributed by atoms with Crippen LogP contribution in [0.15, 0.2) is 0 Å². The van der Waals surface area contributed by atoms with Crippen molar-refractivity contribution in [1.29, 1.82) is 0 Å². The summed E-state index contributed by atoms with van der Waals surface area (Å²) in [7, 11) is 0. The van der Waals surface area contributed by atoms with E-state index in [1.165, 1.54) is 25.7 Å². The summed E-state index contributed by atoms with van der Waals surface area (Å²) < 4.78 is 0. The summed E-state index contributed by atoms with van der Waals surface area (Å²) in [6.45, 7) is 6.01. The zero-order valence-electron chi connectivity index (χ0n) is 12.2. The zero-order chi connectivity index (χ0) is 14.5. The molecule has 1 aliphatic carbocycles. The summed E-state index contributed by atoms with van der Waals surface area (Å²) in [5, 5.41) is 14.4. The van der Waals surface area contributed by atoms with Crippen LogP contribution in [0.25, 0.3) is 0 Å². The van der Waals surface area contributed by atoms with Gasteiger partial charge in [0.25, 0.3) is 0 Å². The Morgan fingerprint density at radius 2 is 1.84 bits per heavy atom. The van der Waals surface area contributed by atoms with E-state index in [1.54, 1.807) is 20.8 Å². The highest BCUT2D eigenvalue weighted by Crippen LogP contribution is 2.26. The van der Waals surface area contributed by atoms with Crippen molar-refractivity contribution in [2.24, 2.45) is 11.3 Å². The highest BCUT2D eigenvalue weighted by molar-refractivity contribution is 5.83. The number of carboxylic acid groups (broad SMARTS) is 1. The smallest absolute Gasteiger partial charge is 0.326 e. The van der Waals surface area contributed by atoms with Gasteiger partial charge in [-0.1, -0.05) is 46.5 Å². The Kier molecular flexibility index (Phi) is 5.63. The van der Waals surface area contributed by atoms with Gasteiger partial charge in [0.1, 0.15) is 6.04 Å². The van der Waals surface area contributed by atoms with E-state index in [9.17, 15) is 9.59 Å². The summed E-state index contributed by atoms with van der Waals surface area (Å²) in [6, 6.07) is -1.26. The van der Waals surface area contributed by atoms with Crippen molar-refractivity contribution in [1.82, 2.24) is 10.6 Å². The minimum Gasteiger partial charge on any atom is -0.480 e. The molecule has 0 aromatic carbocycles. The Labute approximate surface area is 115 Å². The fraction of sp³-hybridized carbons (Fsp3) is 0.857. The lowest BCUT2D eigenvalue weighted by atomic mass is 9.87. The Morgan fingerprint density at radius 3 is 2.32 bits per heavy atom. The molecule has 0 saturated heterocycles. The number of urea groups is 1. The third-order valence-electron chi connectivity index (χ3n) is 3.70. The minimum absolute atomic E-state index is 0.389. The quantitative estimate of drug-likeness (QED) is 0.717. The van der Waals surface area contributed by atoms with Crippen LogP contribution in [-0.2, 0) is 4.79 Å². The molecule has 1 atom stereocenters. The van der Waals surface area contributed by atoms with Gasteiger partial charge >= 0.3 is 12.0 Å². The second kappa shape index (κ2) is 6.78. The van der Waals surface area contributed by atoms with Gasteiger partial charge in [0.15, 0.2) is 0 Å². The lowest BCUT2D eigenvalue weighted by Gasteiger charge is -2.27. The average Bonchev–Trinajstić information content (AvgIpc) is 2.77. The van der Waals surface area contributed by atoms with Crippen molar-refractivity contribution in [3.8, 4) is 0 Å². The molecule has 1 aliphatic rings. The number of nitrogens with one attached hydrogen (secondary N) is 2. The maximum Gasteiger partial charge on any atom is 0.326 e. The molecule has 1 saturated carbocycles. The van der Waals surface area contributed by atoms with Gasteiger partial charge in [-0.3, -0.25) is 0 Å². The number of rotatable bonds is 5. The van der Waals surface area contributed by atoms with Crippen LogP contribution in [0.3, 0.4) is 0 Å². The molecule has 110 valence electrons. The molecule has 1 rings (SSSR count). The Hall–Kier alpha value is -1.26. The fourth-order valence-corrected chi connectivity index (χ4v) is 2.52. The van der Waals surface area contributed by atoms with Gasteiger partial charge in [-0.2, -0.15) is 0 Å². The zero-order valence-corrected chi connectivity index (χ0v) is 12.2. The van der Waals surface area contributed by atoms with Crippen LogP contribution in [0, 0.1) is 11.3 Å². The number of hydrogen-bond donors (Lipinski definition) is 3. The molecule has 0 bridgehead atoms. The number of aliphatic carboxylic acids is 1. The van der Waals surface area contributed by atoms with E-state index >= 15 is 0 Å². The molecule has 0 unspecified atom stereocenters. The number of amides is 2. The molecular formula is C14H26N2O3. The van der Waals surface area contributed by atoms with E-state index in [4.69, 9.17) is 5.11 Å². The topological polar surface area (TPSA) is 78.4 Å². The molecule has 0 aliphatic heterocycles. The molecule has 0 aromatic heterocycles. The number of carbonyl (C=O) groups is 2. The van der Waals surface area contributed by atoms with Crippen LogP contribution in [-0.4, -0.2) is 29.7 Å². The molecule has 5 nitrogen and oxygen atoms in total. The van der Waals surface area contributed by atoms with E-state index in [0.29, 0.717) is 6.54 Å². The van der Waals surface area contributed by atoms with Crippen molar-refractivity contribution in [2.45, 2.75) is 58.9 Å². The largest absolute Gasteiger partial charge is 0.480 e. The summed E-state index contributed by atoms with van der Waals surface area (Å²) in [5.41, 5.74) is -0.505. The van der Waals surface area contributed by atoms with Gasteiger partial charge in [-0.25, -0.2) is 9.59 Å². The van der Waals surface area contributed by atoms with Gasteiger partial charge in [-0.05, 0) is 17.8 Å². The van der Waals surface area contributed by atoms with Gasteiger partial charge in [0.05, 0.1) is 0 Å². The molecule has 2 amide bonds. The maximum atomic E-state index is 11.7. The van der Waals surface area contributed by atoms with Crippen LogP contribution in [0.1, 0.15) is 52.9 Å². The first-order valence-electron chi connectivity index (χ1n) is 7.08. The summed E-state index contributed by atoms with van der Waals surface area (Å²) in [4.78, 5) is 22.8. The first-order valence-corrected chi connectivity index (χ1v) is 7.08. The predicted octanol–water partition coefficient (Wildman–Crippen LogP) is 2.37. The fourth-order valence-electron chi connectivity index (χ4n) is 2.52. The summed E-state index contributed by atoms with van der Waals surface area (Å²) >= 11 is 0. The van der Waals surface area contributed by atoms with Crippen molar-refractivity contribution in [2.75, 3.05) is 6.54 Å². The predicted molar refractivity (Wildman–Crippen MR) is 74.0 cm³/mol. The molecule has 5 heteroatoms. The van der Waals surface area contributed by atoms with E-state index < -0.39 is 17.4 Å². The van der Waals surface area contributed by atoms with E-state index in [0.717, 1.165) is 12.3 Å². The van der Waals surface area contributed by atoms with E-state index in [1.807, 2.05) is 0 Å². The second-order valence-electron chi connectivity index (χ2n) is 6.48. The van der Waals surface area contributed by atoms with Gasteiger partial charge in [0, 0.05) is 6.54 Å². The third-order valence-corrected chi connectivity index (χ3v) is 3.70. The third kappa shape index (κ3) is 5.49. The van der Waals surface area contributed by atoms with Crippen LogP contribution in [0.4, 0.5) is 4.79 Å². The standard InChI is InChI=1S/C14H26N2O3/c1-14(2,3)11(12(17)18)16-13(19)15-9-8-10-6-4-5-7-10/h10-11H,4-9H2,1-3H3,(H,17,18)(H2,15,16,19)/t11-/m0/s1. The minimum atomic E-state index is -1.00. The van der Waals surface area contributed by atoms with Crippen molar-refractivity contribution in [3.05, 3.63) is 0 Å². The van der Waals surface area contributed by atoms with E-state index in [-0.39, 0.29) is 6.03 Å². The SMILES string of the molecule is CC(C)(C)[C@@H](NC(=O)NCCC1CCCC1)C(=O)O. The average molecular weight is 270 g/mol. The molecule has 0 aromatic rings. The van der Waals surface area contributed by atoms with Crippen molar-refractivity contribution < 1.29 is 14.7 Å². The van der Waals surface area contributed by atoms with Crippen LogP contribution < -0.4 is 10.6 Å². The highest BCUT2D eigenvalue weighted by Gasteiger charge is 2.32. The summed E-state index contributed by atoms with van der Waals surface area (Å²) in [6.07, 6.45) is 6.08. The lowest BCUT2D eigenvalue weighted by Crippen LogP contribution is -2.52. The molecule has 0 heterocycles. The molecule has 3 N–H and O–H groups in total. The maximum absolute atomic E-state index is 11.7. The number of carbonyl (C=O) groups excluding carboxylic acids is 1. The number of carboxylic acids is 1. The van der Waals surface area contributed by atoms with Gasteiger partial charge in [-0.15, -0.1) is 0 Å². The normalized spacial score (nSPS) is 18.1. The van der Waals surface area contributed by atoms with Gasteiger partial charge < -0.3 is 15.7 Å². The molecule has 1 fully saturated rings. The molecule has 0 radical (unpaired) electrons. The van der Waals surface area contributed by atoms with Crippen LogP contribution in [0.5, 0.6) is 0 Å². The first kappa shape index (κ1) is 15.8. The van der Waals surface area contributed by atoms with E-state index in [2.05, 4.69) is 10.6 Å². The van der Waals surface area contributed by atoms with Crippen LogP contribution >= 0.6 is 0 Å². The van der Waals surface area contributed by atoms with Crippen molar-refractivity contribution in [3.63, 3.8) is 0 Å². The molecule has 19 heavy (non-hydrogen) atoms. The summed E-state index contributed by atoms with van der Waals surface area (Å²) in [5.74, 6) is -0.281. The molecular weight excluding hydrogens is 244 g/mol. The van der Waals surface area contributed by atoms with Crippen LogP contribution in [0.2, 0.25) is 0 Å². The Morgan fingerprint density at radius 1 is 1.26 bits per heavy atom. The Balaban J connectivity index is 2.30.